The molecule has 2 heterocycles. The van der Waals surface area contributed by atoms with Crippen molar-refractivity contribution in [3.8, 4) is 0 Å². The fourth-order valence-electron chi connectivity index (χ4n) is 2.33. The van der Waals surface area contributed by atoms with Crippen LogP contribution in [0.2, 0.25) is 0 Å². The van der Waals surface area contributed by atoms with Gasteiger partial charge in [0, 0.05) is 25.2 Å². The van der Waals surface area contributed by atoms with E-state index in [4.69, 9.17) is 0 Å². The molecule has 0 unspecified atom stereocenters. The van der Waals surface area contributed by atoms with Gasteiger partial charge in [-0.2, -0.15) is 0 Å². The molecule has 0 aromatic carbocycles. The lowest BCUT2D eigenvalue weighted by Crippen LogP contribution is -2.45. The van der Waals surface area contributed by atoms with Crippen molar-refractivity contribution < 1.29 is 0 Å². The van der Waals surface area contributed by atoms with Crippen molar-refractivity contribution in [2.24, 2.45) is 0 Å². The van der Waals surface area contributed by atoms with Crippen LogP contribution in [0.15, 0.2) is 6.33 Å². The van der Waals surface area contributed by atoms with E-state index in [1.807, 2.05) is 6.33 Å². The molecule has 0 spiro atoms. The van der Waals surface area contributed by atoms with Gasteiger partial charge in [0.15, 0.2) is 0 Å². The highest BCUT2D eigenvalue weighted by molar-refractivity contribution is 5.18. The Kier molecular flexibility index (Phi) is 2.82. The molecule has 1 aromatic heterocycles. The maximum Gasteiger partial charge on any atom is 0.0952 e. The Morgan fingerprint density at radius 2 is 1.94 bits per heavy atom. The second kappa shape index (κ2) is 3.88. The van der Waals surface area contributed by atoms with Crippen LogP contribution < -0.4 is 0 Å². The van der Waals surface area contributed by atoms with Gasteiger partial charge in [0.2, 0.25) is 0 Å². The quantitative estimate of drug-likeness (QED) is 0.727. The van der Waals surface area contributed by atoms with Gasteiger partial charge in [-0.1, -0.05) is 13.8 Å². The third kappa shape index (κ3) is 2.01. The molecule has 0 aliphatic carbocycles. The van der Waals surface area contributed by atoms with E-state index in [1.54, 1.807) is 0 Å². The predicted octanol–water partition coefficient (Wildman–Crippen LogP) is 2.62. The van der Waals surface area contributed by atoms with E-state index in [1.165, 1.54) is 11.4 Å². The first-order valence-electron chi connectivity index (χ1n) is 6.18. The van der Waals surface area contributed by atoms with Crippen LogP contribution in [0.1, 0.15) is 51.9 Å². The van der Waals surface area contributed by atoms with E-state index in [-0.39, 0.29) is 5.54 Å². The van der Waals surface area contributed by atoms with Gasteiger partial charge < -0.3 is 4.57 Å². The Bertz CT molecular complexity index is 371. The Morgan fingerprint density at radius 1 is 1.25 bits per heavy atom. The summed E-state index contributed by atoms with van der Waals surface area (Å²) in [7, 11) is 0. The van der Waals surface area contributed by atoms with Crippen molar-refractivity contribution in [2.75, 3.05) is 6.54 Å². The summed E-state index contributed by atoms with van der Waals surface area (Å²) < 4.78 is 2.32. The van der Waals surface area contributed by atoms with E-state index in [9.17, 15) is 0 Å². The highest BCUT2D eigenvalue weighted by atomic mass is 15.3. The zero-order chi connectivity index (χ0) is 11.9. The van der Waals surface area contributed by atoms with Crippen LogP contribution in [0.3, 0.4) is 0 Å². The molecule has 2 rings (SSSR count). The second-order valence-electron chi connectivity index (χ2n) is 6.02. The largest absolute Gasteiger partial charge is 0.332 e. The fourth-order valence-corrected chi connectivity index (χ4v) is 2.33. The van der Waals surface area contributed by atoms with Crippen molar-refractivity contribution >= 4 is 0 Å². The van der Waals surface area contributed by atoms with Crippen LogP contribution in [0, 0.1) is 0 Å². The molecule has 0 radical (unpaired) electrons. The number of rotatable bonds is 1. The molecule has 3 heteroatoms. The summed E-state index contributed by atoms with van der Waals surface area (Å²) in [6, 6.07) is 0. The van der Waals surface area contributed by atoms with Crippen molar-refractivity contribution in [3.63, 3.8) is 0 Å². The summed E-state index contributed by atoms with van der Waals surface area (Å²) in [6.07, 6.45) is 2.00. The maximum absolute atomic E-state index is 4.55. The zero-order valence-corrected chi connectivity index (χ0v) is 11.1. The summed E-state index contributed by atoms with van der Waals surface area (Å²) in [4.78, 5) is 7.09. The molecule has 1 aliphatic heterocycles. The Labute approximate surface area is 98.5 Å². The average molecular weight is 221 g/mol. The van der Waals surface area contributed by atoms with E-state index in [0.717, 1.165) is 19.6 Å². The molecule has 1 aromatic rings. The summed E-state index contributed by atoms with van der Waals surface area (Å²) in [5.74, 6) is 0.524. The fraction of sp³-hybridized carbons (Fsp3) is 0.769. The predicted molar refractivity (Wildman–Crippen MR) is 66.5 cm³/mol. The molecular formula is C13H23N3. The minimum absolute atomic E-state index is 0.254. The standard InChI is InChI=1S/C13H23N3/c1-10(2)12-11-8-16(13(3,4)5)7-6-15(11)9-14-12/h9-10H,6-8H2,1-5H3. The smallest absolute Gasteiger partial charge is 0.0952 e. The van der Waals surface area contributed by atoms with Gasteiger partial charge in [-0.25, -0.2) is 4.98 Å². The molecule has 0 atom stereocenters. The molecular weight excluding hydrogens is 198 g/mol. The Morgan fingerprint density at radius 3 is 2.50 bits per heavy atom. The lowest BCUT2D eigenvalue weighted by atomic mass is 10.0. The first-order chi connectivity index (χ1) is 7.39. The molecule has 0 fully saturated rings. The summed E-state index contributed by atoms with van der Waals surface area (Å²) >= 11 is 0. The summed E-state index contributed by atoms with van der Waals surface area (Å²) in [5.41, 5.74) is 2.94. The number of nitrogens with zero attached hydrogens (tertiary/aromatic N) is 3. The van der Waals surface area contributed by atoms with Crippen LogP contribution in [0.5, 0.6) is 0 Å². The molecule has 90 valence electrons. The highest BCUT2D eigenvalue weighted by Crippen LogP contribution is 2.26. The maximum atomic E-state index is 4.55. The normalized spacial score (nSPS) is 17.9. The van der Waals surface area contributed by atoms with Gasteiger partial charge in [0.25, 0.3) is 0 Å². The minimum Gasteiger partial charge on any atom is -0.332 e. The van der Waals surface area contributed by atoms with Crippen molar-refractivity contribution in [1.82, 2.24) is 14.5 Å². The third-order valence-electron chi connectivity index (χ3n) is 3.43. The first kappa shape index (κ1) is 11.6. The van der Waals surface area contributed by atoms with Gasteiger partial charge in [-0.05, 0) is 26.7 Å². The molecule has 3 nitrogen and oxygen atoms in total. The van der Waals surface area contributed by atoms with Crippen LogP contribution in [-0.2, 0) is 13.1 Å². The number of fused-ring (bicyclic) bond motifs is 1. The van der Waals surface area contributed by atoms with Crippen molar-refractivity contribution in [1.29, 1.82) is 0 Å². The third-order valence-corrected chi connectivity index (χ3v) is 3.43. The van der Waals surface area contributed by atoms with Crippen LogP contribution in [0.25, 0.3) is 0 Å². The zero-order valence-electron chi connectivity index (χ0n) is 11.1. The van der Waals surface area contributed by atoms with Crippen LogP contribution in [-0.4, -0.2) is 26.5 Å². The van der Waals surface area contributed by atoms with E-state index < -0.39 is 0 Å². The van der Waals surface area contributed by atoms with Gasteiger partial charge in [-0.3, -0.25) is 4.90 Å². The lowest BCUT2D eigenvalue weighted by Gasteiger charge is -2.39. The number of hydrogen-bond acceptors (Lipinski definition) is 2. The Balaban J connectivity index is 2.28. The Hall–Kier alpha value is -0.830. The summed E-state index contributed by atoms with van der Waals surface area (Å²) in [5, 5.41) is 0. The van der Waals surface area contributed by atoms with Crippen molar-refractivity contribution in [2.45, 2.75) is 59.2 Å². The van der Waals surface area contributed by atoms with Gasteiger partial charge >= 0.3 is 0 Å². The van der Waals surface area contributed by atoms with Gasteiger partial charge in [0.05, 0.1) is 17.7 Å². The number of imidazole rings is 1. The van der Waals surface area contributed by atoms with Crippen LogP contribution >= 0.6 is 0 Å². The molecule has 0 amide bonds. The first-order valence-corrected chi connectivity index (χ1v) is 6.18. The monoisotopic (exact) mass is 221 g/mol. The van der Waals surface area contributed by atoms with Gasteiger partial charge in [-0.15, -0.1) is 0 Å². The molecule has 0 saturated heterocycles. The highest BCUT2D eigenvalue weighted by Gasteiger charge is 2.28. The molecule has 0 N–H and O–H groups in total. The lowest BCUT2D eigenvalue weighted by molar-refractivity contribution is 0.102. The molecule has 0 bridgehead atoms. The number of aromatic nitrogens is 2. The van der Waals surface area contributed by atoms with E-state index in [2.05, 4.69) is 49.1 Å². The topological polar surface area (TPSA) is 21.1 Å². The number of hydrogen-bond donors (Lipinski definition) is 0. The van der Waals surface area contributed by atoms with E-state index >= 15 is 0 Å². The van der Waals surface area contributed by atoms with Crippen LogP contribution in [0.4, 0.5) is 0 Å². The molecule has 16 heavy (non-hydrogen) atoms. The SMILES string of the molecule is CC(C)c1ncn2c1CN(C(C)(C)C)CC2. The minimum atomic E-state index is 0.254. The van der Waals surface area contributed by atoms with E-state index in [0.29, 0.717) is 5.92 Å². The second-order valence-corrected chi connectivity index (χ2v) is 6.02. The average Bonchev–Trinajstić information content (AvgIpc) is 2.58. The molecule has 0 saturated carbocycles. The summed E-state index contributed by atoms with van der Waals surface area (Å²) in [6.45, 7) is 14.5. The molecule has 1 aliphatic rings. The van der Waals surface area contributed by atoms with Crippen molar-refractivity contribution in [3.05, 3.63) is 17.7 Å². The van der Waals surface area contributed by atoms with Gasteiger partial charge in [0.1, 0.15) is 0 Å².